The Bertz CT molecular complexity index is 1100. The van der Waals surface area contributed by atoms with E-state index in [2.05, 4.69) is 31.4 Å². The molecule has 2 amide bonds. The van der Waals surface area contributed by atoms with Crippen LogP contribution in [0.25, 0.3) is 11.3 Å². The SMILES string of the molecule is CCN(CC(=O)Nc1ccc2c(c1)OCCO2)C(=O)c1cc(-c2ccc(Br)cc2)n[nH]1. The molecule has 0 aliphatic carbocycles. The van der Waals surface area contributed by atoms with Crippen molar-refractivity contribution in [3.63, 3.8) is 0 Å². The molecule has 3 aromatic rings. The fourth-order valence-corrected chi connectivity index (χ4v) is 3.46. The number of hydrogen-bond donors (Lipinski definition) is 2. The molecule has 0 bridgehead atoms. The Labute approximate surface area is 187 Å². The Morgan fingerprint density at radius 2 is 1.84 bits per heavy atom. The summed E-state index contributed by atoms with van der Waals surface area (Å²) >= 11 is 3.40. The van der Waals surface area contributed by atoms with Crippen LogP contribution in [0, 0.1) is 0 Å². The largest absolute Gasteiger partial charge is 0.486 e. The quantitative estimate of drug-likeness (QED) is 0.555. The lowest BCUT2D eigenvalue weighted by molar-refractivity contribution is -0.116. The van der Waals surface area contributed by atoms with E-state index in [0.29, 0.717) is 48.3 Å². The average molecular weight is 485 g/mol. The summed E-state index contributed by atoms with van der Waals surface area (Å²) in [6.07, 6.45) is 0. The highest BCUT2D eigenvalue weighted by Gasteiger charge is 2.20. The van der Waals surface area contributed by atoms with E-state index in [9.17, 15) is 9.59 Å². The Hall–Kier alpha value is -3.33. The highest BCUT2D eigenvalue weighted by atomic mass is 79.9. The zero-order valence-corrected chi connectivity index (χ0v) is 18.4. The van der Waals surface area contributed by atoms with Crippen LogP contribution in [0.1, 0.15) is 17.4 Å². The lowest BCUT2D eigenvalue weighted by atomic mass is 10.1. The summed E-state index contributed by atoms with van der Waals surface area (Å²) in [7, 11) is 0. The minimum absolute atomic E-state index is 0.0869. The smallest absolute Gasteiger partial charge is 0.272 e. The number of benzene rings is 2. The number of halogens is 1. The molecule has 0 saturated heterocycles. The molecule has 1 aliphatic heterocycles. The topological polar surface area (TPSA) is 96.6 Å². The van der Waals surface area contributed by atoms with Gasteiger partial charge in [0, 0.05) is 28.3 Å². The number of rotatable bonds is 6. The number of aromatic amines is 1. The second kappa shape index (κ2) is 9.22. The van der Waals surface area contributed by atoms with Crippen molar-refractivity contribution in [2.24, 2.45) is 0 Å². The number of amides is 2. The maximum atomic E-state index is 12.9. The zero-order valence-electron chi connectivity index (χ0n) is 16.9. The molecule has 4 rings (SSSR count). The molecule has 1 aliphatic rings. The molecule has 0 spiro atoms. The third kappa shape index (κ3) is 4.88. The maximum Gasteiger partial charge on any atom is 0.272 e. The van der Waals surface area contributed by atoms with Gasteiger partial charge in [0.25, 0.3) is 5.91 Å². The molecule has 1 aromatic heterocycles. The zero-order chi connectivity index (χ0) is 21.8. The number of ether oxygens (including phenoxy) is 2. The van der Waals surface area contributed by atoms with Crippen molar-refractivity contribution in [2.75, 3.05) is 31.6 Å². The highest BCUT2D eigenvalue weighted by molar-refractivity contribution is 9.10. The molecule has 0 fully saturated rings. The van der Waals surface area contributed by atoms with E-state index in [1.807, 2.05) is 31.2 Å². The van der Waals surface area contributed by atoms with E-state index in [1.165, 1.54) is 4.90 Å². The molecular formula is C22H21BrN4O4. The molecule has 0 unspecified atom stereocenters. The van der Waals surface area contributed by atoms with Gasteiger partial charge in [0.05, 0.1) is 5.69 Å². The maximum absolute atomic E-state index is 12.9. The van der Waals surface area contributed by atoms with Crippen molar-refractivity contribution in [3.05, 3.63) is 58.7 Å². The number of H-pyrrole nitrogens is 1. The van der Waals surface area contributed by atoms with Crippen molar-refractivity contribution in [1.82, 2.24) is 15.1 Å². The predicted octanol–water partition coefficient (Wildman–Crippen LogP) is 3.71. The fourth-order valence-electron chi connectivity index (χ4n) is 3.19. The molecule has 31 heavy (non-hydrogen) atoms. The first kappa shape index (κ1) is 20.9. The number of likely N-dealkylation sites (N-methyl/N-ethyl adjacent to an activating group) is 1. The summed E-state index contributed by atoms with van der Waals surface area (Å²) in [6.45, 7) is 3.08. The van der Waals surface area contributed by atoms with E-state index in [1.54, 1.807) is 24.3 Å². The molecular weight excluding hydrogens is 464 g/mol. The van der Waals surface area contributed by atoms with Gasteiger partial charge in [-0.3, -0.25) is 14.7 Å². The summed E-state index contributed by atoms with van der Waals surface area (Å²) < 4.78 is 12.0. The van der Waals surface area contributed by atoms with E-state index in [0.717, 1.165) is 10.0 Å². The van der Waals surface area contributed by atoms with Gasteiger partial charge in [0.2, 0.25) is 5.91 Å². The average Bonchev–Trinajstić information content (AvgIpc) is 3.27. The van der Waals surface area contributed by atoms with Gasteiger partial charge in [-0.1, -0.05) is 28.1 Å². The minimum Gasteiger partial charge on any atom is -0.486 e. The lowest BCUT2D eigenvalue weighted by Crippen LogP contribution is -2.38. The van der Waals surface area contributed by atoms with E-state index < -0.39 is 0 Å². The monoisotopic (exact) mass is 484 g/mol. The van der Waals surface area contributed by atoms with Crippen molar-refractivity contribution >= 4 is 33.4 Å². The van der Waals surface area contributed by atoms with Gasteiger partial charge in [0.15, 0.2) is 11.5 Å². The third-order valence-electron chi connectivity index (χ3n) is 4.78. The minimum atomic E-state index is -0.306. The molecule has 0 saturated carbocycles. The number of carbonyl (C=O) groups is 2. The van der Waals surface area contributed by atoms with E-state index in [4.69, 9.17) is 9.47 Å². The Morgan fingerprint density at radius 1 is 1.10 bits per heavy atom. The van der Waals surface area contributed by atoms with Gasteiger partial charge in [0.1, 0.15) is 25.5 Å². The number of nitrogens with one attached hydrogen (secondary N) is 2. The van der Waals surface area contributed by atoms with Gasteiger partial charge in [-0.25, -0.2) is 0 Å². The van der Waals surface area contributed by atoms with Crippen LogP contribution >= 0.6 is 15.9 Å². The fraction of sp³-hybridized carbons (Fsp3) is 0.227. The first-order valence-corrected chi connectivity index (χ1v) is 10.6. The van der Waals surface area contributed by atoms with Crippen molar-refractivity contribution in [1.29, 1.82) is 0 Å². The predicted molar refractivity (Wildman–Crippen MR) is 119 cm³/mol. The number of aromatic nitrogens is 2. The van der Waals surface area contributed by atoms with Crippen LogP contribution in [0.3, 0.4) is 0 Å². The molecule has 160 valence electrons. The summed E-state index contributed by atoms with van der Waals surface area (Å²) in [5.41, 5.74) is 2.45. The van der Waals surface area contributed by atoms with Gasteiger partial charge in [-0.2, -0.15) is 5.10 Å². The van der Waals surface area contributed by atoms with Crippen LogP contribution < -0.4 is 14.8 Å². The van der Waals surface area contributed by atoms with Gasteiger partial charge >= 0.3 is 0 Å². The third-order valence-corrected chi connectivity index (χ3v) is 5.31. The van der Waals surface area contributed by atoms with Crippen molar-refractivity contribution < 1.29 is 19.1 Å². The van der Waals surface area contributed by atoms with Crippen LogP contribution in [0.5, 0.6) is 11.5 Å². The second-order valence-corrected chi connectivity index (χ2v) is 7.82. The normalized spacial score (nSPS) is 12.3. The Morgan fingerprint density at radius 3 is 2.58 bits per heavy atom. The summed E-state index contributed by atoms with van der Waals surface area (Å²) in [6, 6.07) is 14.5. The second-order valence-electron chi connectivity index (χ2n) is 6.90. The number of anilines is 1. The van der Waals surface area contributed by atoms with Crippen LogP contribution in [0.2, 0.25) is 0 Å². The summed E-state index contributed by atoms with van der Waals surface area (Å²) in [5, 5.41) is 9.80. The molecule has 8 nitrogen and oxygen atoms in total. The molecule has 2 aromatic carbocycles. The van der Waals surface area contributed by atoms with Crippen molar-refractivity contribution in [2.45, 2.75) is 6.92 Å². The van der Waals surface area contributed by atoms with Crippen LogP contribution in [0.15, 0.2) is 53.0 Å². The lowest BCUT2D eigenvalue weighted by Gasteiger charge is -2.21. The number of fused-ring (bicyclic) bond motifs is 1. The summed E-state index contributed by atoms with van der Waals surface area (Å²) in [5.74, 6) is 0.635. The van der Waals surface area contributed by atoms with Gasteiger partial charge < -0.3 is 19.7 Å². The molecule has 0 radical (unpaired) electrons. The molecule has 0 atom stereocenters. The molecule has 2 N–H and O–H groups in total. The van der Waals surface area contributed by atoms with Crippen LogP contribution in [0.4, 0.5) is 5.69 Å². The standard InChI is InChI=1S/C22H21BrN4O4/c1-2-27(13-21(28)24-16-7-8-19-20(11-16)31-10-9-30-19)22(29)18-12-17(25-26-18)14-3-5-15(23)6-4-14/h3-8,11-12H,2,9-10,13H2,1H3,(H,24,28)(H,25,26). The first-order valence-electron chi connectivity index (χ1n) is 9.83. The Balaban J connectivity index is 1.41. The van der Waals surface area contributed by atoms with Gasteiger partial charge in [-0.15, -0.1) is 0 Å². The van der Waals surface area contributed by atoms with Crippen LogP contribution in [-0.4, -0.2) is 53.2 Å². The van der Waals surface area contributed by atoms with Gasteiger partial charge in [-0.05, 0) is 37.3 Å². The van der Waals surface area contributed by atoms with Crippen molar-refractivity contribution in [3.8, 4) is 22.8 Å². The Kier molecular flexibility index (Phi) is 6.22. The van der Waals surface area contributed by atoms with Crippen LogP contribution in [-0.2, 0) is 4.79 Å². The molecule has 2 heterocycles. The first-order chi connectivity index (χ1) is 15.0. The number of carbonyl (C=O) groups excluding carboxylic acids is 2. The number of nitrogens with zero attached hydrogens (tertiary/aromatic N) is 2. The highest BCUT2D eigenvalue weighted by Crippen LogP contribution is 2.32. The van der Waals surface area contributed by atoms with E-state index >= 15 is 0 Å². The number of hydrogen-bond acceptors (Lipinski definition) is 5. The summed E-state index contributed by atoms with van der Waals surface area (Å²) in [4.78, 5) is 26.9. The van der Waals surface area contributed by atoms with E-state index in [-0.39, 0.29) is 18.4 Å². The molecule has 9 heteroatoms.